The van der Waals surface area contributed by atoms with Gasteiger partial charge >= 0.3 is 11.9 Å². The van der Waals surface area contributed by atoms with Crippen molar-refractivity contribution in [3.8, 4) is 17.2 Å². The molecule has 0 radical (unpaired) electrons. The number of alkyl halides is 3. The molecule has 0 aliphatic rings. The van der Waals surface area contributed by atoms with Crippen LogP contribution in [-0.2, 0) is 21.0 Å². The lowest BCUT2D eigenvalue weighted by Crippen LogP contribution is -2.48. The van der Waals surface area contributed by atoms with Crippen molar-refractivity contribution < 1.29 is 36.0 Å². The number of hydrogen-bond donors (Lipinski definition) is 2. The minimum absolute atomic E-state index is 0.0398. The normalized spacial score (nSPS) is 12.8. The Morgan fingerprint density at radius 3 is 2.21 bits per heavy atom. The van der Waals surface area contributed by atoms with Gasteiger partial charge < -0.3 is 9.30 Å². The molecule has 0 saturated carbocycles. The van der Waals surface area contributed by atoms with E-state index in [1.54, 1.807) is 38.1 Å². The van der Waals surface area contributed by atoms with Crippen LogP contribution in [0.5, 0.6) is 11.5 Å². The number of nitrogens with zero attached hydrogens (tertiary/aromatic N) is 3. The van der Waals surface area contributed by atoms with E-state index >= 15 is 0 Å². The third kappa shape index (κ3) is 8.23. The number of rotatable bonds is 11. The van der Waals surface area contributed by atoms with E-state index in [-0.39, 0.29) is 22.3 Å². The van der Waals surface area contributed by atoms with Gasteiger partial charge in [-0.05, 0) is 81.3 Å². The molecule has 3 aromatic carbocycles. The van der Waals surface area contributed by atoms with E-state index in [0.717, 1.165) is 23.0 Å². The zero-order valence-corrected chi connectivity index (χ0v) is 26.8. The van der Waals surface area contributed by atoms with E-state index < -0.39 is 44.3 Å². The number of nitro benzene ring substituents is 1. The van der Waals surface area contributed by atoms with Crippen LogP contribution in [0.15, 0.2) is 82.8 Å². The molecule has 15 heteroatoms. The maximum atomic E-state index is 13.0. The number of benzene rings is 3. The molecule has 0 spiro atoms. The summed E-state index contributed by atoms with van der Waals surface area (Å²) in [5.41, 5.74) is 4.21. The molecule has 11 nitrogen and oxygen atoms in total. The van der Waals surface area contributed by atoms with Gasteiger partial charge in [0.2, 0.25) is 15.8 Å². The lowest BCUT2D eigenvalue weighted by atomic mass is 10.1. The average molecular weight is 672 g/mol. The molecule has 0 bridgehead atoms. The number of hydrazone groups is 1. The quantitative estimate of drug-likeness (QED) is 0.105. The van der Waals surface area contributed by atoms with Gasteiger partial charge in [0, 0.05) is 28.7 Å². The van der Waals surface area contributed by atoms with Gasteiger partial charge in [0.15, 0.2) is 0 Å². The van der Waals surface area contributed by atoms with E-state index in [1.165, 1.54) is 30.5 Å². The second-order valence-corrected chi connectivity index (χ2v) is 12.8. The number of hydrogen-bond acceptors (Lipinski definition) is 7. The summed E-state index contributed by atoms with van der Waals surface area (Å²) in [7, 11) is -3.96. The number of nitrogens with one attached hydrogen (secondary N) is 2. The third-order valence-electron chi connectivity index (χ3n) is 7.22. The first-order valence-electron chi connectivity index (χ1n) is 14.2. The van der Waals surface area contributed by atoms with Gasteiger partial charge in [0.1, 0.15) is 11.8 Å². The van der Waals surface area contributed by atoms with Crippen molar-refractivity contribution in [2.75, 3.05) is 0 Å². The standard InChI is InChI=1S/C32H32F3N5O6S/c1-19(2)30(38-47(44,45)27-13-6-20(3)7-14-27)31(41)37-36-18-23-16-21(4)39(22(23)5)25-9-11-26(12-10-25)46-29-15-8-24(32(33,34)35)17-28(29)40(42)43/h6-19,30,38H,1-5H3,(H,37,41)/b36-18-/t30-/m1/s1. The highest BCUT2D eigenvalue weighted by Crippen LogP contribution is 2.38. The van der Waals surface area contributed by atoms with Gasteiger partial charge in [-0.1, -0.05) is 31.5 Å². The first kappa shape index (κ1) is 34.8. The van der Waals surface area contributed by atoms with Crippen molar-refractivity contribution in [3.05, 3.63) is 111 Å². The molecule has 1 atom stereocenters. The second-order valence-electron chi connectivity index (χ2n) is 11.1. The molecule has 0 unspecified atom stereocenters. The van der Waals surface area contributed by atoms with Crippen LogP contribution < -0.4 is 14.9 Å². The van der Waals surface area contributed by atoms with Gasteiger partial charge in [-0.15, -0.1) is 0 Å². The number of ether oxygens (including phenoxy) is 1. The Kier molecular flexibility index (Phi) is 10.2. The number of halogens is 3. The first-order valence-corrected chi connectivity index (χ1v) is 15.7. The topological polar surface area (TPSA) is 145 Å². The molecule has 0 saturated heterocycles. The molecule has 2 N–H and O–H groups in total. The van der Waals surface area contributed by atoms with Gasteiger partial charge in [0.05, 0.1) is 21.6 Å². The number of aromatic nitrogens is 1. The number of nitro groups is 1. The molecule has 4 aromatic rings. The Balaban J connectivity index is 1.47. The second kappa shape index (κ2) is 13.8. The van der Waals surface area contributed by atoms with Gasteiger partial charge in [-0.3, -0.25) is 14.9 Å². The van der Waals surface area contributed by atoms with E-state index in [2.05, 4.69) is 15.2 Å². The van der Waals surface area contributed by atoms with Gasteiger partial charge in [0.25, 0.3) is 5.91 Å². The number of aryl methyl sites for hydroxylation is 2. The van der Waals surface area contributed by atoms with Crippen molar-refractivity contribution in [2.24, 2.45) is 11.0 Å². The molecule has 0 aliphatic carbocycles. The Hall–Kier alpha value is -5.02. The fourth-order valence-electron chi connectivity index (χ4n) is 4.71. The Bertz CT molecular complexity index is 1920. The summed E-state index contributed by atoms with van der Waals surface area (Å²) >= 11 is 0. The molecule has 0 fully saturated rings. The number of carbonyl (C=O) groups excluding carboxylic acids is 1. The summed E-state index contributed by atoms with van der Waals surface area (Å²) in [6.45, 7) is 8.91. The van der Waals surface area contributed by atoms with E-state index in [4.69, 9.17) is 4.74 Å². The first-order chi connectivity index (χ1) is 22.0. The Morgan fingerprint density at radius 1 is 1.00 bits per heavy atom. The van der Waals surface area contributed by atoms with Crippen LogP contribution >= 0.6 is 0 Å². The number of sulfonamides is 1. The minimum atomic E-state index is -4.74. The summed E-state index contributed by atoms with van der Waals surface area (Å²) in [6.07, 6.45) is -3.31. The van der Waals surface area contributed by atoms with Crippen LogP contribution in [0, 0.1) is 36.8 Å². The van der Waals surface area contributed by atoms with Crippen molar-refractivity contribution in [1.29, 1.82) is 0 Å². The van der Waals surface area contributed by atoms with Crippen molar-refractivity contribution in [1.82, 2.24) is 14.7 Å². The predicted octanol–water partition coefficient (Wildman–Crippen LogP) is 6.58. The van der Waals surface area contributed by atoms with Crippen molar-refractivity contribution in [2.45, 2.75) is 51.7 Å². The fraction of sp³-hybridized carbons (Fsp3) is 0.250. The molecule has 1 amide bonds. The molecule has 1 heterocycles. The Morgan fingerprint density at radius 2 is 1.64 bits per heavy atom. The molecular formula is C32H32F3N5O6S. The molecule has 47 heavy (non-hydrogen) atoms. The zero-order chi connectivity index (χ0) is 34.7. The third-order valence-corrected chi connectivity index (χ3v) is 8.67. The largest absolute Gasteiger partial charge is 0.450 e. The maximum absolute atomic E-state index is 13.0. The van der Waals surface area contributed by atoms with Crippen LogP contribution in [0.2, 0.25) is 0 Å². The minimum Gasteiger partial charge on any atom is -0.450 e. The van der Waals surface area contributed by atoms with E-state index in [9.17, 15) is 36.5 Å². The van der Waals surface area contributed by atoms with Crippen molar-refractivity contribution in [3.63, 3.8) is 0 Å². The molecule has 0 aliphatic heterocycles. The SMILES string of the molecule is Cc1ccc(S(=O)(=O)N[C@@H](C(=O)N/N=C\c2cc(C)n(-c3ccc(Oc4ccc(C(F)(F)F)cc4[N+](=O)[O-])cc3)c2C)C(C)C)cc1. The molecule has 4 rings (SSSR count). The van der Waals surface area contributed by atoms with Gasteiger partial charge in [-0.25, -0.2) is 13.8 Å². The van der Waals surface area contributed by atoms with Gasteiger partial charge in [-0.2, -0.15) is 23.0 Å². The number of carbonyl (C=O) groups is 1. The van der Waals surface area contributed by atoms with Crippen LogP contribution in [0.3, 0.4) is 0 Å². The maximum Gasteiger partial charge on any atom is 0.416 e. The van der Waals surface area contributed by atoms with E-state index in [1.807, 2.05) is 31.4 Å². The average Bonchev–Trinajstić information content (AvgIpc) is 3.28. The predicted molar refractivity (Wildman–Crippen MR) is 169 cm³/mol. The summed E-state index contributed by atoms with van der Waals surface area (Å²) in [5.74, 6) is -1.19. The summed E-state index contributed by atoms with van der Waals surface area (Å²) in [6, 6.07) is 15.4. The van der Waals surface area contributed by atoms with E-state index in [0.29, 0.717) is 23.4 Å². The summed E-state index contributed by atoms with van der Waals surface area (Å²) < 4.78 is 74.7. The van der Waals surface area contributed by atoms with Crippen LogP contribution in [0.1, 0.15) is 41.9 Å². The highest BCUT2D eigenvalue weighted by Gasteiger charge is 2.33. The van der Waals surface area contributed by atoms with Crippen LogP contribution in [0.25, 0.3) is 5.69 Å². The highest BCUT2D eigenvalue weighted by atomic mass is 32.2. The molecule has 1 aromatic heterocycles. The summed E-state index contributed by atoms with van der Waals surface area (Å²) in [5, 5.41) is 15.4. The highest BCUT2D eigenvalue weighted by molar-refractivity contribution is 7.89. The van der Waals surface area contributed by atoms with Crippen LogP contribution in [-0.4, -0.2) is 36.1 Å². The van der Waals surface area contributed by atoms with Crippen LogP contribution in [0.4, 0.5) is 18.9 Å². The van der Waals surface area contributed by atoms with Crippen molar-refractivity contribution >= 4 is 27.8 Å². The lowest BCUT2D eigenvalue weighted by Gasteiger charge is -2.20. The zero-order valence-electron chi connectivity index (χ0n) is 26.0. The molecular weight excluding hydrogens is 639 g/mol. The smallest absolute Gasteiger partial charge is 0.416 e. The lowest BCUT2D eigenvalue weighted by molar-refractivity contribution is -0.385. The Labute approximate surface area is 269 Å². The monoisotopic (exact) mass is 671 g/mol. The fourth-order valence-corrected chi connectivity index (χ4v) is 6.05. The molecule has 248 valence electrons. The number of amides is 1. The summed E-state index contributed by atoms with van der Waals surface area (Å²) in [4.78, 5) is 23.4.